The van der Waals surface area contributed by atoms with E-state index in [9.17, 15) is 4.79 Å². The van der Waals surface area contributed by atoms with E-state index >= 15 is 0 Å². The maximum absolute atomic E-state index is 13.2. The van der Waals surface area contributed by atoms with Gasteiger partial charge in [-0.05, 0) is 88.3 Å². The zero-order valence-electron chi connectivity index (χ0n) is 21.5. The molecule has 1 aromatic carbocycles. The van der Waals surface area contributed by atoms with Crippen LogP contribution in [0.1, 0.15) is 97.3 Å². The first-order chi connectivity index (χ1) is 15.0. The van der Waals surface area contributed by atoms with Gasteiger partial charge in [0.25, 0.3) is 0 Å². The Morgan fingerprint density at radius 1 is 1.22 bits per heavy atom. The standard InChI is InChI=1S/C30H44O2/c1-9-10-18-29(7,20-22(2)3)21-30(8,32-28(31)26-14-12-11-13-15-26)25(6)27-17-16-23(4)19-24(27)5/h11-15,19-20,24,27H,6,9-10,16-18,21H2,1-5,7-8H3. The van der Waals surface area contributed by atoms with Crippen LogP contribution in [0.4, 0.5) is 0 Å². The van der Waals surface area contributed by atoms with Gasteiger partial charge in [-0.25, -0.2) is 4.79 Å². The van der Waals surface area contributed by atoms with Gasteiger partial charge < -0.3 is 4.74 Å². The van der Waals surface area contributed by atoms with Crippen molar-refractivity contribution in [1.29, 1.82) is 0 Å². The molecule has 0 N–H and O–H groups in total. The molecule has 0 spiro atoms. The molecule has 4 unspecified atom stereocenters. The Morgan fingerprint density at radius 2 is 1.88 bits per heavy atom. The van der Waals surface area contributed by atoms with Gasteiger partial charge >= 0.3 is 5.97 Å². The zero-order chi connectivity index (χ0) is 23.9. The Bertz CT molecular complexity index is 843. The van der Waals surface area contributed by atoms with E-state index < -0.39 is 5.60 Å². The van der Waals surface area contributed by atoms with Crippen molar-refractivity contribution in [2.75, 3.05) is 0 Å². The van der Waals surface area contributed by atoms with Gasteiger partial charge in [0.05, 0.1) is 5.56 Å². The Kier molecular flexibility index (Phi) is 9.13. The number of allylic oxidation sites excluding steroid dienone is 4. The SMILES string of the molecule is C=C(C1CCC(C)=CC1C)C(C)(CC(C)(C=C(C)C)CCCC)OC(=O)c1ccccc1. The number of benzene rings is 1. The van der Waals surface area contributed by atoms with Crippen LogP contribution < -0.4 is 0 Å². The highest BCUT2D eigenvalue weighted by Gasteiger charge is 2.43. The minimum atomic E-state index is -0.737. The van der Waals surface area contributed by atoms with Crippen LogP contribution in [0.3, 0.4) is 0 Å². The molecule has 0 heterocycles. The van der Waals surface area contributed by atoms with E-state index in [0.29, 0.717) is 17.4 Å². The van der Waals surface area contributed by atoms with E-state index in [1.807, 2.05) is 30.3 Å². The third kappa shape index (κ3) is 6.95. The summed E-state index contributed by atoms with van der Waals surface area (Å²) in [4.78, 5) is 13.2. The van der Waals surface area contributed by atoms with Crippen molar-refractivity contribution in [2.24, 2.45) is 17.3 Å². The van der Waals surface area contributed by atoms with Crippen LogP contribution in [0.5, 0.6) is 0 Å². The highest BCUT2D eigenvalue weighted by atomic mass is 16.6. The van der Waals surface area contributed by atoms with Gasteiger partial charge in [-0.3, -0.25) is 0 Å². The number of hydrogen-bond acceptors (Lipinski definition) is 2. The molecule has 1 aromatic rings. The number of esters is 1. The molecule has 4 atom stereocenters. The molecule has 2 nitrogen and oxygen atoms in total. The van der Waals surface area contributed by atoms with Crippen molar-refractivity contribution in [2.45, 2.75) is 92.6 Å². The fraction of sp³-hybridized carbons (Fsp3) is 0.567. The van der Waals surface area contributed by atoms with Gasteiger partial charge in [0.1, 0.15) is 5.60 Å². The Hall–Kier alpha value is -2.09. The second kappa shape index (κ2) is 11.2. The molecular weight excluding hydrogens is 392 g/mol. The third-order valence-corrected chi connectivity index (χ3v) is 6.97. The molecule has 0 bridgehead atoms. The number of hydrogen-bond donors (Lipinski definition) is 0. The summed E-state index contributed by atoms with van der Waals surface area (Å²) in [6.45, 7) is 20.0. The van der Waals surface area contributed by atoms with Crippen molar-refractivity contribution < 1.29 is 9.53 Å². The topological polar surface area (TPSA) is 26.3 Å². The molecule has 2 rings (SSSR count). The fourth-order valence-corrected chi connectivity index (χ4v) is 5.49. The average Bonchev–Trinajstić information content (AvgIpc) is 2.71. The van der Waals surface area contributed by atoms with Crippen molar-refractivity contribution in [3.8, 4) is 0 Å². The number of rotatable bonds is 10. The van der Waals surface area contributed by atoms with E-state index in [1.165, 1.54) is 11.1 Å². The van der Waals surface area contributed by atoms with E-state index in [1.54, 1.807) is 0 Å². The number of carbonyl (C=O) groups is 1. The molecular formula is C30H44O2. The van der Waals surface area contributed by atoms with Crippen LogP contribution in [-0.4, -0.2) is 11.6 Å². The van der Waals surface area contributed by atoms with Gasteiger partial charge in [0.2, 0.25) is 0 Å². The van der Waals surface area contributed by atoms with Gasteiger partial charge in [-0.1, -0.05) is 81.7 Å². The first kappa shape index (κ1) is 26.2. The van der Waals surface area contributed by atoms with E-state index in [-0.39, 0.29) is 11.4 Å². The lowest BCUT2D eigenvalue weighted by atomic mass is 9.67. The molecule has 2 heteroatoms. The highest BCUT2D eigenvalue weighted by molar-refractivity contribution is 5.89. The summed E-state index contributed by atoms with van der Waals surface area (Å²) in [6.07, 6.45) is 11.0. The molecule has 32 heavy (non-hydrogen) atoms. The van der Waals surface area contributed by atoms with Crippen molar-refractivity contribution in [1.82, 2.24) is 0 Å². The van der Waals surface area contributed by atoms with Crippen LogP contribution in [0, 0.1) is 17.3 Å². The molecule has 0 aromatic heterocycles. The second-order valence-electron chi connectivity index (χ2n) is 10.7. The van der Waals surface area contributed by atoms with E-state index in [4.69, 9.17) is 4.74 Å². The summed E-state index contributed by atoms with van der Waals surface area (Å²) in [5.41, 5.74) is 3.60. The summed E-state index contributed by atoms with van der Waals surface area (Å²) in [5.74, 6) is 0.449. The smallest absolute Gasteiger partial charge is 0.338 e. The molecule has 0 saturated heterocycles. The van der Waals surface area contributed by atoms with Crippen LogP contribution in [0.2, 0.25) is 0 Å². The number of carbonyl (C=O) groups excluding carboxylic acids is 1. The molecule has 176 valence electrons. The Balaban J connectivity index is 2.43. The molecule has 0 fully saturated rings. The van der Waals surface area contributed by atoms with Crippen molar-refractivity contribution >= 4 is 5.97 Å². The first-order valence-corrected chi connectivity index (χ1v) is 12.3. The quantitative estimate of drug-likeness (QED) is 0.271. The summed E-state index contributed by atoms with van der Waals surface area (Å²) in [5, 5.41) is 0. The van der Waals surface area contributed by atoms with Gasteiger partial charge in [-0.15, -0.1) is 0 Å². The molecule has 1 aliphatic rings. The molecule has 1 aliphatic carbocycles. The monoisotopic (exact) mass is 436 g/mol. The molecule has 0 saturated carbocycles. The summed E-state index contributed by atoms with van der Waals surface area (Å²) >= 11 is 0. The number of unbranched alkanes of at least 4 members (excludes halogenated alkanes) is 1. The lowest BCUT2D eigenvalue weighted by Gasteiger charge is -2.43. The van der Waals surface area contributed by atoms with Crippen molar-refractivity contribution in [3.63, 3.8) is 0 Å². The van der Waals surface area contributed by atoms with Crippen LogP contribution in [0.15, 0.2) is 65.8 Å². The fourth-order valence-electron chi connectivity index (χ4n) is 5.49. The summed E-state index contributed by atoms with van der Waals surface area (Å²) < 4.78 is 6.38. The maximum atomic E-state index is 13.2. The number of ether oxygens (including phenoxy) is 1. The van der Waals surface area contributed by atoms with Crippen LogP contribution in [-0.2, 0) is 4.74 Å². The molecule has 0 radical (unpaired) electrons. The minimum absolute atomic E-state index is 0.0623. The van der Waals surface area contributed by atoms with E-state index in [2.05, 4.69) is 67.2 Å². The predicted molar refractivity (Wildman–Crippen MR) is 137 cm³/mol. The van der Waals surface area contributed by atoms with Crippen LogP contribution in [0.25, 0.3) is 0 Å². The largest absolute Gasteiger partial charge is 0.451 e. The average molecular weight is 437 g/mol. The first-order valence-electron chi connectivity index (χ1n) is 12.3. The Morgan fingerprint density at radius 3 is 2.44 bits per heavy atom. The maximum Gasteiger partial charge on any atom is 0.338 e. The summed E-state index contributed by atoms with van der Waals surface area (Å²) in [6, 6.07) is 9.34. The van der Waals surface area contributed by atoms with Crippen molar-refractivity contribution in [3.05, 3.63) is 71.3 Å². The van der Waals surface area contributed by atoms with Gasteiger partial charge in [0.15, 0.2) is 0 Å². The van der Waals surface area contributed by atoms with E-state index in [0.717, 1.165) is 44.1 Å². The molecule has 0 aliphatic heterocycles. The van der Waals surface area contributed by atoms with Crippen LogP contribution >= 0.6 is 0 Å². The summed E-state index contributed by atoms with van der Waals surface area (Å²) in [7, 11) is 0. The van der Waals surface area contributed by atoms with Gasteiger partial charge in [0, 0.05) is 0 Å². The lowest BCUT2D eigenvalue weighted by molar-refractivity contribution is -0.0148. The minimum Gasteiger partial charge on any atom is -0.451 e. The third-order valence-electron chi connectivity index (χ3n) is 6.97. The zero-order valence-corrected chi connectivity index (χ0v) is 21.5. The molecule has 0 amide bonds. The lowest BCUT2D eigenvalue weighted by Crippen LogP contribution is -2.42. The normalized spacial score (nSPS) is 22.2. The van der Waals surface area contributed by atoms with Gasteiger partial charge in [-0.2, -0.15) is 0 Å². The predicted octanol–water partition coefficient (Wildman–Crippen LogP) is 8.70. The highest BCUT2D eigenvalue weighted by Crippen LogP contribution is 2.46. The second-order valence-corrected chi connectivity index (χ2v) is 10.7. The Labute approximate surface area is 196 Å².